The first-order valence-corrected chi connectivity index (χ1v) is 12.3. The lowest BCUT2D eigenvalue weighted by atomic mass is 9.98. The first kappa shape index (κ1) is 26.9. The summed E-state index contributed by atoms with van der Waals surface area (Å²) in [6.45, 7) is 6.26. The predicted molar refractivity (Wildman–Crippen MR) is 136 cm³/mol. The molecule has 0 unspecified atom stereocenters. The van der Waals surface area contributed by atoms with E-state index in [0.29, 0.717) is 37.6 Å². The van der Waals surface area contributed by atoms with Crippen LogP contribution in [0.15, 0.2) is 54.6 Å². The number of halogens is 3. The Balaban J connectivity index is 1.49. The zero-order chi connectivity index (χ0) is 27.4. The summed E-state index contributed by atoms with van der Waals surface area (Å²) in [4.78, 5) is 30.7. The number of carbonyl (C=O) groups excluding carboxylic acids is 2. The highest BCUT2D eigenvalue weighted by molar-refractivity contribution is 5.96. The number of aromatic hydroxyl groups is 1. The minimum Gasteiger partial charge on any atom is -0.508 e. The molecule has 0 spiro atoms. The maximum absolute atomic E-state index is 13.6. The van der Waals surface area contributed by atoms with Gasteiger partial charge >= 0.3 is 6.18 Å². The summed E-state index contributed by atoms with van der Waals surface area (Å²) in [7, 11) is 0. The van der Waals surface area contributed by atoms with Gasteiger partial charge < -0.3 is 19.8 Å². The van der Waals surface area contributed by atoms with E-state index in [0.717, 1.165) is 12.1 Å². The van der Waals surface area contributed by atoms with Gasteiger partial charge in [-0.1, -0.05) is 12.1 Å². The molecule has 0 saturated carbocycles. The number of phenolic OH excluding ortho intramolecular Hbond substituents is 1. The first-order valence-electron chi connectivity index (χ1n) is 12.3. The van der Waals surface area contributed by atoms with E-state index in [-0.39, 0.29) is 41.6 Å². The minimum absolute atomic E-state index is 0.0781. The molecule has 0 atom stereocenters. The Labute approximate surface area is 218 Å². The van der Waals surface area contributed by atoms with Crippen LogP contribution >= 0.6 is 0 Å². The van der Waals surface area contributed by atoms with Crippen LogP contribution in [0.2, 0.25) is 0 Å². The lowest BCUT2D eigenvalue weighted by molar-refractivity contribution is -0.137. The quantitative estimate of drug-likeness (QED) is 0.514. The van der Waals surface area contributed by atoms with E-state index in [2.05, 4.69) is 10.2 Å². The smallest absolute Gasteiger partial charge is 0.416 e. The molecule has 2 aromatic carbocycles. The third-order valence-corrected chi connectivity index (χ3v) is 6.50. The van der Waals surface area contributed by atoms with Crippen LogP contribution in [0.1, 0.15) is 40.3 Å². The number of phenols is 1. The third-order valence-electron chi connectivity index (χ3n) is 6.50. The maximum Gasteiger partial charge on any atom is 0.416 e. The Bertz CT molecular complexity index is 1300. The molecule has 0 radical (unpaired) electrons. The van der Waals surface area contributed by atoms with E-state index >= 15 is 0 Å². The van der Waals surface area contributed by atoms with Gasteiger partial charge in [0.1, 0.15) is 5.75 Å². The number of rotatable bonds is 6. The number of piperazine rings is 1. The number of amides is 2. The van der Waals surface area contributed by atoms with Gasteiger partial charge in [-0.25, -0.2) is 0 Å². The summed E-state index contributed by atoms with van der Waals surface area (Å²) in [5, 5.41) is 18.0. The summed E-state index contributed by atoms with van der Waals surface area (Å²) >= 11 is 0. The monoisotopic (exact) mass is 527 g/mol. The molecule has 1 saturated heterocycles. The Morgan fingerprint density at radius 3 is 2.21 bits per heavy atom. The van der Waals surface area contributed by atoms with Crippen LogP contribution in [0.3, 0.4) is 0 Å². The number of hydrogen-bond donors (Lipinski definition) is 1. The van der Waals surface area contributed by atoms with E-state index in [1.54, 1.807) is 23.1 Å². The molecule has 0 bridgehead atoms. The van der Waals surface area contributed by atoms with Crippen LogP contribution in [0.25, 0.3) is 11.1 Å². The fourth-order valence-corrected chi connectivity index (χ4v) is 4.37. The number of nitrogens with zero attached hydrogens (tertiary/aromatic N) is 5. The molecule has 1 aromatic heterocycles. The summed E-state index contributed by atoms with van der Waals surface area (Å²) < 4.78 is 40.9. The van der Waals surface area contributed by atoms with Crippen molar-refractivity contribution in [1.29, 1.82) is 0 Å². The van der Waals surface area contributed by atoms with Crippen LogP contribution < -0.4 is 4.90 Å². The molecule has 200 valence electrons. The second-order valence-corrected chi connectivity index (χ2v) is 8.88. The normalized spacial score (nSPS) is 13.9. The highest BCUT2D eigenvalue weighted by Crippen LogP contribution is 2.34. The van der Waals surface area contributed by atoms with Crippen molar-refractivity contribution < 1.29 is 27.9 Å². The molecule has 38 heavy (non-hydrogen) atoms. The van der Waals surface area contributed by atoms with Gasteiger partial charge in [-0.2, -0.15) is 13.2 Å². The van der Waals surface area contributed by atoms with Crippen molar-refractivity contribution >= 4 is 17.6 Å². The average Bonchev–Trinajstić information content (AvgIpc) is 2.92. The van der Waals surface area contributed by atoms with Crippen molar-refractivity contribution in [3.05, 3.63) is 71.4 Å². The van der Waals surface area contributed by atoms with Crippen LogP contribution in [0.5, 0.6) is 5.75 Å². The van der Waals surface area contributed by atoms with Gasteiger partial charge in [0.25, 0.3) is 11.8 Å². The van der Waals surface area contributed by atoms with Gasteiger partial charge in [-0.05, 0) is 67.4 Å². The van der Waals surface area contributed by atoms with E-state index in [9.17, 15) is 27.9 Å². The predicted octanol–water partition coefficient (Wildman–Crippen LogP) is 4.31. The average molecular weight is 528 g/mol. The zero-order valence-electron chi connectivity index (χ0n) is 21.1. The molecular weight excluding hydrogens is 499 g/mol. The van der Waals surface area contributed by atoms with Gasteiger partial charge in [0.2, 0.25) is 0 Å². The van der Waals surface area contributed by atoms with Crippen LogP contribution in [-0.2, 0) is 6.18 Å². The van der Waals surface area contributed by atoms with Gasteiger partial charge in [0.15, 0.2) is 11.5 Å². The van der Waals surface area contributed by atoms with Crippen molar-refractivity contribution in [2.75, 3.05) is 44.2 Å². The highest BCUT2D eigenvalue weighted by Gasteiger charge is 2.33. The fourth-order valence-electron chi connectivity index (χ4n) is 4.37. The molecular formula is C27H28F3N5O3. The Kier molecular flexibility index (Phi) is 7.84. The Morgan fingerprint density at radius 2 is 1.63 bits per heavy atom. The first-order chi connectivity index (χ1) is 18.1. The standard InChI is InChI=1S/C27H28F3N5O3/c1-3-33(4-2)26(38)23-8-9-24(32-31-23)34-10-12-35(13-11-34)25(37)20-14-19(15-21(16-20)27(28,29)30)18-6-5-7-22(36)17-18/h5-9,14-17,36H,3-4,10-13H2,1-2H3. The molecule has 3 aromatic rings. The summed E-state index contributed by atoms with van der Waals surface area (Å²) in [6.07, 6.45) is -4.64. The number of benzene rings is 2. The van der Waals surface area contributed by atoms with Gasteiger partial charge in [0.05, 0.1) is 5.56 Å². The lowest BCUT2D eigenvalue weighted by Crippen LogP contribution is -2.49. The molecule has 8 nitrogen and oxygen atoms in total. The van der Waals surface area contributed by atoms with Gasteiger partial charge in [-0.15, -0.1) is 10.2 Å². The molecule has 1 aliphatic rings. The van der Waals surface area contributed by atoms with E-state index in [4.69, 9.17) is 0 Å². The number of hydrogen-bond acceptors (Lipinski definition) is 6. The maximum atomic E-state index is 13.6. The molecule has 1 N–H and O–H groups in total. The highest BCUT2D eigenvalue weighted by atomic mass is 19.4. The zero-order valence-corrected chi connectivity index (χ0v) is 21.1. The molecule has 11 heteroatoms. The molecule has 2 heterocycles. The van der Waals surface area contributed by atoms with E-state index in [1.165, 1.54) is 29.2 Å². The van der Waals surface area contributed by atoms with Crippen molar-refractivity contribution in [2.45, 2.75) is 20.0 Å². The summed E-state index contributed by atoms with van der Waals surface area (Å²) in [5.74, 6) is -0.241. The van der Waals surface area contributed by atoms with E-state index in [1.807, 2.05) is 18.7 Å². The van der Waals surface area contributed by atoms with Crippen LogP contribution in [0.4, 0.5) is 19.0 Å². The van der Waals surface area contributed by atoms with Crippen molar-refractivity contribution in [1.82, 2.24) is 20.0 Å². The van der Waals surface area contributed by atoms with Crippen molar-refractivity contribution in [3.8, 4) is 16.9 Å². The largest absolute Gasteiger partial charge is 0.508 e. The second-order valence-electron chi connectivity index (χ2n) is 8.88. The molecule has 4 rings (SSSR count). The fraction of sp³-hybridized carbons (Fsp3) is 0.333. The molecule has 1 fully saturated rings. The SMILES string of the molecule is CCN(CC)C(=O)c1ccc(N2CCN(C(=O)c3cc(-c4cccc(O)c4)cc(C(F)(F)F)c3)CC2)nn1. The van der Waals surface area contributed by atoms with Crippen molar-refractivity contribution in [3.63, 3.8) is 0 Å². The molecule has 1 aliphatic heterocycles. The summed E-state index contributed by atoms with van der Waals surface area (Å²) in [6, 6.07) is 12.4. The van der Waals surface area contributed by atoms with E-state index < -0.39 is 17.6 Å². The van der Waals surface area contributed by atoms with Gasteiger partial charge in [-0.3, -0.25) is 9.59 Å². The molecule has 0 aliphatic carbocycles. The van der Waals surface area contributed by atoms with Crippen LogP contribution in [0, 0.1) is 0 Å². The van der Waals surface area contributed by atoms with Gasteiger partial charge in [0, 0.05) is 44.8 Å². The summed E-state index contributed by atoms with van der Waals surface area (Å²) in [5.41, 5.74) is -0.206. The number of carbonyl (C=O) groups is 2. The van der Waals surface area contributed by atoms with Crippen LogP contribution in [-0.4, -0.2) is 76.2 Å². The second kappa shape index (κ2) is 11.1. The Morgan fingerprint density at radius 1 is 0.921 bits per heavy atom. The number of aromatic nitrogens is 2. The minimum atomic E-state index is -4.64. The topological polar surface area (TPSA) is 89.9 Å². The Hall–Kier alpha value is -4.15. The third kappa shape index (κ3) is 5.87. The number of alkyl halides is 3. The number of anilines is 1. The lowest BCUT2D eigenvalue weighted by Gasteiger charge is -2.35. The molecule has 2 amide bonds. The van der Waals surface area contributed by atoms with Crippen molar-refractivity contribution in [2.24, 2.45) is 0 Å².